The van der Waals surface area contributed by atoms with Gasteiger partial charge in [0.15, 0.2) is 0 Å². The van der Waals surface area contributed by atoms with E-state index in [1.54, 1.807) is 0 Å². The normalized spacial score (nSPS) is 10.2. The van der Waals surface area contributed by atoms with Gasteiger partial charge in [-0.05, 0) is 19.1 Å². The summed E-state index contributed by atoms with van der Waals surface area (Å²) in [5, 5.41) is 3.23. The number of para-hydroxylation sites is 1. The second-order valence-electron chi connectivity index (χ2n) is 2.87. The zero-order valence-electron chi connectivity index (χ0n) is 7.96. The van der Waals surface area contributed by atoms with Crippen molar-refractivity contribution in [2.45, 2.75) is 13.3 Å². The highest BCUT2D eigenvalue weighted by molar-refractivity contribution is 5.47. The molecular formula is C12H15N. The SMILES string of the molecule is C=C(CC=CC)Nc1ccccc1. The van der Waals surface area contributed by atoms with Crippen molar-refractivity contribution < 1.29 is 0 Å². The Balaban J connectivity index is 2.46. The lowest BCUT2D eigenvalue weighted by Crippen LogP contribution is -1.95. The van der Waals surface area contributed by atoms with Crippen molar-refractivity contribution in [1.82, 2.24) is 0 Å². The van der Waals surface area contributed by atoms with Crippen molar-refractivity contribution in [2.24, 2.45) is 0 Å². The Bertz CT molecular complexity index is 285. The third-order valence-electron chi connectivity index (χ3n) is 1.69. The Morgan fingerprint density at radius 1 is 1.38 bits per heavy atom. The summed E-state index contributed by atoms with van der Waals surface area (Å²) < 4.78 is 0. The van der Waals surface area contributed by atoms with E-state index in [0.717, 1.165) is 17.8 Å². The number of nitrogens with one attached hydrogen (secondary N) is 1. The number of rotatable bonds is 4. The van der Waals surface area contributed by atoms with Crippen LogP contribution in [0.5, 0.6) is 0 Å². The fourth-order valence-corrected chi connectivity index (χ4v) is 1.04. The van der Waals surface area contributed by atoms with E-state index >= 15 is 0 Å². The summed E-state index contributed by atoms with van der Waals surface area (Å²) in [4.78, 5) is 0. The second-order valence-corrected chi connectivity index (χ2v) is 2.87. The van der Waals surface area contributed by atoms with Crippen molar-refractivity contribution in [3.63, 3.8) is 0 Å². The van der Waals surface area contributed by atoms with Gasteiger partial charge in [-0.15, -0.1) is 0 Å². The van der Waals surface area contributed by atoms with Gasteiger partial charge in [0.1, 0.15) is 0 Å². The first-order chi connectivity index (χ1) is 6.33. The molecule has 0 saturated carbocycles. The third kappa shape index (κ3) is 3.61. The molecule has 0 atom stereocenters. The molecule has 0 spiro atoms. The predicted octanol–water partition coefficient (Wildman–Crippen LogP) is 3.58. The van der Waals surface area contributed by atoms with Gasteiger partial charge in [-0.3, -0.25) is 0 Å². The Morgan fingerprint density at radius 3 is 2.69 bits per heavy atom. The average Bonchev–Trinajstić information content (AvgIpc) is 2.16. The van der Waals surface area contributed by atoms with Crippen LogP contribution in [-0.4, -0.2) is 0 Å². The maximum absolute atomic E-state index is 3.93. The van der Waals surface area contributed by atoms with E-state index in [4.69, 9.17) is 0 Å². The molecule has 0 fully saturated rings. The first-order valence-corrected chi connectivity index (χ1v) is 4.44. The summed E-state index contributed by atoms with van der Waals surface area (Å²) in [7, 11) is 0. The van der Waals surface area contributed by atoms with Crippen molar-refractivity contribution in [1.29, 1.82) is 0 Å². The molecule has 0 aliphatic carbocycles. The molecule has 68 valence electrons. The van der Waals surface area contributed by atoms with Crippen LogP contribution in [0.1, 0.15) is 13.3 Å². The molecule has 0 amide bonds. The monoisotopic (exact) mass is 173 g/mol. The maximum atomic E-state index is 3.93. The summed E-state index contributed by atoms with van der Waals surface area (Å²) >= 11 is 0. The molecule has 0 aromatic heterocycles. The van der Waals surface area contributed by atoms with E-state index < -0.39 is 0 Å². The maximum Gasteiger partial charge on any atom is 0.0381 e. The first kappa shape index (κ1) is 9.59. The zero-order chi connectivity index (χ0) is 9.52. The minimum atomic E-state index is 0.880. The molecule has 0 heterocycles. The minimum Gasteiger partial charge on any atom is -0.359 e. The summed E-state index contributed by atoms with van der Waals surface area (Å²) in [6, 6.07) is 10.1. The van der Waals surface area contributed by atoms with E-state index in [9.17, 15) is 0 Å². The molecule has 0 aliphatic rings. The number of benzene rings is 1. The number of hydrogen-bond acceptors (Lipinski definition) is 1. The first-order valence-electron chi connectivity index (χ1n) is 4.44. The molecule has 0 unspecified atom stereocenters. The van der Waals surface area contributed by atoms with Crippen LogP contribution in [0.2, 0.25) is 0 Å². The Labute approximate surface area is 79.8 Å². The van der Waals surface area contributed by atoms with E-state index in [0.29, 0.717) is 0 Å². The van der Waals surface area contributed by atoms with Gasteiger partial charge >= 0.3 is 0 Å². The van der Waals surface area contributed by atoms with Gasteiger partial charge < -0.3 is 5.32 Å². The molecule has 0 bridgehead atoms. The number of hydrogen-bond donors (Lipinski definition) is 1. The number of allylic oxidation sites excluding steroid dienone is 2. The standard InChI is InChI=1S/C12H15N/c1-3-4-8-11(2)13-12-9-6-5-7-10-12/h3-7,9-10,13H,2,8H2,1H3. The van der Waals surface area contributed by atoms with E-state index in [1.165, 1.54) is 0 Å². The predicted molar refractivity (Wildman–Crippen MR) is 58.6 cm³/mol. The number of anilines is 1. The van der Waals surface area contributed by atoms with Crippen LogP contribution in [0.25, 0.3) is 0 Å². The lowest BCUT2D eigenvalue weighted by molar-refractivity contribution is 1.22. The van der Waals surface area contributed by atoms with Gasteiger partial charge in [0, 0.05) is 17.8 Å². The second kappa shape index (κ2) is 5.20. The third-order valence-corrected chi connectivity index (χ3v) is 1.69. The van der Waals surface area contributed by atoms with Crippen LogP contribution in [0, 0.1) is 0 Å². The summed E-state index contributed by atoms with van der Waals surface area (Å²) in [5.41, 5.74) is 2.11. The molecule has 13 heavy (non-hydrogen) atoms. The van der Waals surface area contributed by atoms with Crippen LogP contribution in [0.3, 0.4) is 0 Å². The highest BCUT2D eigenvalue weighted by Gasteiger charge is 1.91. The molecule has 0 aliphatic heterocycles. The van der Waals surface area contributed by atoms with Crippen molar-refractivity contribution in [3.8, 4) is 0 Å². The summed E-state index contributed by atoms with van der Waals surface area (Å²) in [6.45, 7) is 5.93. The average molecular weight is 173 g/mol. The van der Waals surface area contributed by atoms with Crippen molar-refractivity contribution in [3.05, 3.63) is 54.8 Å². The lowest BCUT2D eigenvalue weighted by atomic mass is 10.2. The van der Waals surface area contributed by atoms with E-state index in [2.05, 4.69) is 18.0 Å². The van der Waals surface area contributed by atoms with Gasteiger partial charge in [0.25, 0.3) is 0 Å². The van der Waals surface area contributed by atoms with Gasteiger partial charge in [0.2, 0.25) is 0 Å². The van der Waals surface area contributed by atoms with Crippen molar-refractivity contribution >= 4 is 5.69 Å². The minimum absolute atomic E-state index is 0.880. The molecule has 1 aromatic rings. The fourth-order valence-electron chi connectivity index (χ4n) is 1.04. The zero-order valence-corrected chi connectivity index (χ0v) is 7.96. The molecule has 0 radical (unpaired) electrons. The van der Waals surface area contributed by atoms with Crippen molar-refractivity contribution in [2.75, 3.05) is 5.32 Å². The molecule has 1 heteroatoms. The van der Waals surface area contributed by atoms with Gasteiger partial charge in [-0.25, -0.2) is 0 Å². The van der Waals surface area contributed by atoms with Crippen LogP contribution >= 0.6 is 0 Å². The van der Waals surface area contributed by atoms with Gasteiger partial charge in [-0.1, -0.05) is 36.9 Å². The highest BCUT2D eigenvalue weighted by Crippen LogP contribution is 2.09. The topological polar surface area (TPSA) is 12.0 Å². The Morgan fingerprint density at radius 2 is 2.08 bits per heavy atom. The summed E-state index contributed by atoms with van der Waals surface area (Å²) in [6.07, 6.45) is 4.99. The van der Waals surface area contributed by atoms with Crippen LogP contribution < -0.4 is 5.32 Å². The molecule has 1 N–H and O–H groups in total. The van der Waals surface area contributed by atoms with Crippen LogP contribution in [-0.2, 0) is 0 Å². The fraction of sp³-hybridized carbons (Fsp3) is 0.167. The molecular weight excluding hydrogens is 158 g/mol. The summed E-state index contributed by atoms with van der Waals surface area (Å²) in [5.74, 6) is 0. The molecule has 1 nitrogen and oxygen atoms in total. The van der Waals surface area contributed by atoms with Gasteiger partial charge in [-0.2, -0.15) is 0 Å². The molecule has 0 saturated heterocycles. The largest absolute Gasteiger partial charge is 0.359 e. The van der Waals surface area contributed by atoms with Crippen LogP contribution in [0.4, 0.5) is 5.69 Å². The van der Waals surface area contributed by atoms with E-state index in [-0.39, 0.29) is 0 Å². The Hall–Kier alpha value is -1.50. The Kier molecular flexibility index (Phi) is 3.83. The smallest absolute Gasteiger partial charge is 0.0381 e. The van der Waals surface area contributed by atoms with E-state index in [1.807, 2.05) is 43.3 Å². The quantitative estimate of drug-likeness (QED) is 0.686. The molecule has 1 rings (SSSR count). The lowest BCUT2D eigenvalue weighted by Gasteiger charge is -2.06. The highest BCUT2D eigenvalue weighted by atomic mass is 14.9. The molecule has 1 aromatic carbocycles. The van der Waals surface area contributed by atoms with Gasteiger partial charge in [0.05, 0.1) is 0 Å². The van der Waals surface area contributed by atoms with Crippen LogP contribution in [0.15, 0.2) is 54.8 Å².